The van der Waals surface area contributed by atoms with Crippen LogP contribution < -0.4 is 4.90 Å². The van der Waals surface area contributed by atoms with E-state index in [0.29, 0.717) is 10.5 Å². The number of Topliss-reactive ketones (excluding diaryl/α,β-unsaturated/α-hetero) is 1. The van der Waals surface area contributed by atoms with Gasteiger partial charge in [0.2, 0.25) is 11.8 Å². The molecular weight excluding hydrogens is 515 g/mol. The molecule has 196 valence electrons. The molecule has 3 aliphatic rings. The molecule has 2 saturated heterocycles. The number of fused-ring (bicyclic) bond motifs is 5. The minimum Gasteiger partial charge on any atom is -0.358 e. The lowest BCUT2D eigenvalue weighted by molar-refractivity contribution is -0.384. The molecular formula is C28H18F3N3O5. The van der Waals surface area contributed by atoms with Crippen molar-refractivity contribution in [3.05, 3.63) is 111 Å². The van der Waals surface area contributed by atoms with Crippen molar-refractivity contribution in [2.75, 3.05) is 4.90 Å². The van der Waals surface area contributed by atoms with Gasteiger partial charge in [-0.15, -0.1) is 0 Å². The number of benzene rings is 3. The molecule has 3 aromatic rings. The molecule has 3 heterocycles. The SMILES string of the molecule is O=C(c1cccc([N+](=O)[O-])c1)[C@@H]1[C@@H]2C(=O)N(c3ccccc3C(F)(F)F)C(=O)[C@H]2[C@@H]2c3ccccc3C=CN12. The predicted molar refractivity (Wildman–Crippen MR) is 132 cm³/mol. The number of amides is 2. The zero-order valence-electron chi connectivity index (χ0n) is 19.9. The van der Waals surface area contributed by atoms with Crippen molar-refractivity contribution < 1.29 is 32.5 Å². The Bertz CT molecular complexity index is 1600. The molecule has 4 atom stereocenters. The number of non-ortho nitro benzene ring substituents is 1. The van der Waals surface area contributed by atoms with Crippen LogP contribution in [0, 0.1) is 22.0 Å². The number of carbonyl (C=O) groups is 3. The lowest BCUT2D eigenvalue weighted by Crippen LogP contribution is -2.44. The van der Waals surface area contributed by atoms with Crippen LogP contribution in [0.2, 0.25) is 0 Å². The van der Waals surface area contributed by atoms with Gasteiger partial charge in [-0.2, -0.15) is 13.2 Å². The molecule has 11 heteroatoms. The molecule has 2 fully saturated rings. The Morgan fingerprint density at radius 2 is 1.59 bits per heavy atom. The fourth-order valence-corrected chi connectivity index (χ4v) is 5.95. The van der Waals surface area contributed by atoms with Gasteiger partial charge < -0.3 is 4.90 Å². The highest BCUT2D eigenvalue weighted by molar-refractivity contribution is 6.25. The van der Waals surface area contributed by atoms with E-state index in [-0.39, 0.29) is 11.3 Å². The Balaban J connectivity index is 1.51. The second-order valence-corrected chi connectivity index (χ2v) is 9.53. The topological polar surface area (TPSA) is 101 Å². The predicted octanol–water partition coefficient (Wildman–Crippen LogP) is 5.01. The summed E-state index contributed by atoms with van der Waals surface area (Å²) >= 11 is 0. The number of nitro groups is 1. The van der Waals surface area contributed by atoms with Gasteiger partial charge in [0.05, 0.1) is 34.1 Å². The third-order valence-corrected chi connectivity index (χ3v) is 7.52. The van der Waals surface area contributed by atoms with Crippen molar-refractivity contribution in [3.8, 4) is 0 Å². The van der Waals surface area contributed by atoms with Crippen LogP contribution in [0.4, 0.5) is 24.5 Å². The number of para-hydroxylation sites is 1. The van der Waals surface area contributed by atoms with Gasteiger partial charge in [-0.3, -0.25) is 24.5 Å². The first-order valence-corrected chi connectivity index (χ1v) is 12.0. The highest BCUT2D eigenvalue weighted by atomic mass is 19.4. The Kier molecular flexibility index (Phi) is 5.42. The van der Waals surface area contributed by atoms with E-state index in [4.69, 9.17) is 0 Å². The van der Waals surface area contributed by atoms with Crippen molar-refractivity contribution in [1.29, 1.82) is 0 Å². The summed E-state index contributed by atoms with van der Waals surface area (Å²) in [5.74, 6) is -4.88. The first-order valence-electron chi connectivity index (χ1n) is 12.0. The molecule has 0 bridgehead atoms. The van der Waals surface area contributed by atoms with Crippen LogP contribution in [-0.4, -0.2) is 33.5 Å². The summed E-state index contributed by atoms with van der Waals surface area (Å²) < 4.78 is 41.6. The Morgan fingerprint density at radius 3 is 2.33 bits per heavy atom. The number of alkyl halides is 3. The Hall–Kier alpha value is -4.80. The maximum Gasteiger partial charge on any atom is 0.418 e. The van der Waals surface area contributed by atoms with Crippen molar-refractivity contribution in [1.82, 2.24) is 4.90 Å². The summed E-state index contributed by atoms with van der Waals surface area (Å²) in [4.78, 5) is 54.4. The van der Waals surface area contributed by atoms with E-state index < -0.39 is 63.9 Å². The molecule has 0 N–H and O–H groups in total. The van der Waals surface area contributed by atoms with Gasteiger partial charge in [-0.05, 0) is 29.3 Å². The molecule has 0 radical (unpaired) electrons. The van der Waals surface area contributed by atoms with Crippen LogP contribution in [0.25, 0.3) is 6.08 Å². The van der Waals surface area contributed by atoms with E-state index in [1.165, 1.54) is 24.3 Å². The minimum absolute atomic E-state index is 0.0461. The average molecular weight is 533 g/mol. The highest BCUT2D eigenvalue weighted by Crippen LogP contribution is 2.54. The number of ketones is 1. The maximum absolute atomic E-state index is 13.9. The third kappa shape index (κ3) is 3.64. The summed E-state index contributed by atoms with van der Waals surface area (Å²) in [5, 5.41) is 11.3. The molecule has 2 amide bonds. The van der Waals surface area contributed by atoms with Gasteiger partial charge in [0.1, 0.15) is 6.04 Å². The van der Waals surface area contributed by atoms with Gasteiger partial charge >= 0.3 is 6.18 Å². The normalized spacial score (nSPS) is 23.5. The van der Waals surface area contributed by atoms with E-state index in [2.05, 4.69) is 0 Å². The number of halogens is 3. The molecule has 0 aromatic heterocycles. The van der Waals surface area contributed by atoms with Gasteiger partial charge in [0, 0.05) is 23.9 Å². The number of nitro benzene ring substituents is 1. The number of hydrogen-bond donors (Lipinski definition) is 0. The van der Waals surface area contributed by atoms with E-state index in [1.807, 2.05) is 0 Å². The molecule has 3 aliphatic heterocycles. The van der Waals surface area contributed by atoms with Gasteiger partial charge in [-0.25, -0.2) is 4.90 Å². The molecule has 0 unspecified atom stereocenters. The average Bonchev–Trinajstić information content (AvgIpc) is 3.40. The van der Waals surface area contributed by atoms with Gasteiger partial charge in [0.25, 0.3) is 5.69 Å². The molecule has 0 aliphatic carbocycles. The molecule has 8 nitrogen and oxygen atoms in total. The van der Waals surface area contributed by atoms with Crippen LogP contribution in [-0.2, 0) is 15.8 Å². The quantitative estimate of drug-likeness (QED) is 0.202. The van der Waals surface area contributed by atoms with Crippen LogP contribution >= 0.6 is 0 Å². The van der Waals surface area contributed by atoms with Gasteiger partial charge in [0.15, 0.2) is 5.78 Å². The van der Waals surface area contributed by atoms with E-state index >= 15 is 0 Å². The molecule has 3 aromatic carbocycles. The molecule has 0 spiro atoms. The van der Waals surface area contributed by atoms with Crippen LogP contribution in [0.15, 0.2) is 79.0 Å². The van der Waals surface area contributed by atoms with E-state index in [0.717, 1.165) is 29.8 Å². The first-order chi connectivity index (χ1) is 18.6. The summed E-state index contributed by atoms with van der Waals surface area (Å²) in [5.41, 5.74) is -0.723. The largest absolute Gasteiger partial charge is 0.418 e. The molecule has 0 saturated carbocycles. The number of nitrogens with zero attached hydrogens (tertiary/aromatic N) is 3. The third-order valence-electron chi connectivity index (χ3n) is 7.52. The lowest BCUT2D eigenvalue weighted by atomic mass is 9.83. The molecule has 6 rings (SSSR count). The maximum atomic E-state index is 13.9. The van der Waals surface area contributed by atoms with Crippen LogP contribution in [0.3, 0.4) is 0 Å². The van der Waals surface area contributed by atoms with Crippen molar-refractivity contribution in [3.63, 3.8) is 0 Å². The second-order valence-electron chi connectivity index (χ2n) is 9.53. The number of anilines is 1. The Morgan fingerprint density at radius 1 is 0.897 bits per heavy atom. The van der Waals surface area contributed by atoms with Crippen molar-refractivity contribution in [2.24, 2.45) is 11.8 Å². The zero-order chi connectivity index (χ0) is 27.6. The van der Waals surface area contributed by atoms with Crippen molar-refractivity contribution in [2.45, 2.75) is 18.3 Å². The van der Waals surface area contributed by atoms with Gasteiger partial charge in [-0.1, -0.05) is 48.5 Å². The summed E-state index contributed by atoms with van der Waals surface area (Å²) in [6.07, 6.45) is -1.51. The standard InChI is InChI=1S/C28H18F3N3O5/c29-28(30,31)19-10-3-4-11-20(19)33-26(36)21-22(27(33)37)24(25(35)16-7-5-8-17(14-16)34(38)39)32-13-12-15-6-1-2-9-18(15)23(21)32/h1-14,21-24H/t21-,22-,23+,24+/m1/s1. The van der Waals surface area contributed by atoms with Crippen LogP contribution in [0.1, 0.15) is 33.1 Å². The highest BCUT2D eigenvalue weighted by Gasteiger charge is 2.65. The van der Waals surface area contributed by atoms with Crippen LogP contribution in [0.5, 0.6) is 0 Å². The number of imide groups is 1. The minimum atomic E-state index is -4.83. The zero-order valence-corrected chi connectivity index (χ0v) is 19.9. The Labute approximate surface area is 219 Å². The van der Waals surface area contributed by atoms with Crippen molar-refractivity contribution >= 4 is 35.0 Å². The fraction of sp³-hybridized carbons (Fsp3) is 0.179. The second kappa shape index (κ2) is 8.62. The fourth-order valence-electron chi connectivity index (χ4n) is 5.95. The smallest absolute Gasteiger partial charge is 0.358 e. The number of carbonyl (C=O) groups excluding carboxylic acids is 3. The number of hydrogen-bond acceptors (Lipinski definition) is 6. The van der Waals surface area contributed by atoms with E-state index in [1.54, 1.807) is 41.4 Å². The summed E-state index contributed by atoms with van der Waals surface area (Å²) in [6, 6.07) is 14.3. The monoisotopic (exact) mass is 533 g/mol. The molecule has 39 heavy (non-hydrogen) atoms. The first kappa shape index (κ1) is 24.5. The summed E-state index contributed by atoms with van der Waals surface area (Å²) in [7, 11) is 0. The summed E-state index contributed by atoms with van der Waals surface area (Å²) in [6.45, 7) is 0. The number of rotatable bonds is 4. The lowest BCUT2D eigenvalue weighted by Gasteiger charge is -2.35. The van der Waals surface area contributed by atoms with E-state index in [9.17, 15) is 37.7 Å².